The van der Waals surface area contributed by atoms with Crippen molar-refractivity contribution in [1.82, 2.24) is 4.57 Å². The fraction of sp³-hybridized carbons (Fsp3) is 0.0526. The van der Waals surface area contributed by atoms with Gasteiger partial charge in [-0.25, -0.2) is 0 Å². The number of nitrogens with zero attached hydrogens (tertiary/aromatic N) is 1. The first-order valence-electron chi connectivity index (χ1n) is 7.11. The summed E-state index contributed by atoms with van der Waals surface area (Å²) in [5.74, 6) is 0.754. The number of hydrogen-bond acceptors (Lipinski definition) is 1. The average molecular weight is 308 g/mol. The van der Waals surface area contributed by atoms with E-state index in [4.69, 9.17) is 16.3 Å². The molecular formula is C19H14ClNO. The summed E-state index contributed by atoms with van der Waals surface area (Å²) < 4.78 is 7.58. The molecule has 0 saturated heterocycles. The molecular weight excluding hydrogens is 294 g/mol. The van der Waals surface area contributed by atoms with Gasteiger partial charge in [0.1, 0.15) is 5.75 Å². The van der Waals surface area contributed by atoms with Crippen molar-refractivity contribution in [2.24, 2.45) is 0 Å². The van der Waals surface area contributed by atoms with E-state index >= 15 is 0 Å². The summed E-state index contributed by atoms with van der Waals surface area (Å²) in [6.45, 7) is 0. The number of halogens is 1. The minimum Gasteiger partial charge on any atom is -0.497 e. The number of hydrogen-bond donors (Lipinski definition) is 0. The van der Waals surface area contributed by atoms with Crippen LogP contribution >= 0.6 is 11.6 Å². The molecule has 4 rings (SSSR count). The molecule has 0 spiro atoms. The van der Waals surface area contributed by atoms with Gasteiger partial charge in [-0.2, -0.15) is 0 Å². The molecule has 1 aromatic heterocycles. The van der Waals surface area contributed by atoms with Gasteiger partial charge in [0.05, 0.1) is 23.8 Å². The minimum absolute atomic E-state index is 0.663. The first-order valence-corrected chi connectivity index (χ1v) is 7.49. The molecule has 0 radical (unpaired) electrons. The van der Waals surface area contributed by atoms with E-state index in [1.807, 2.05) is 18.2 Å². The van der Waals surface area contributed by atoms with Gasteiger partial charge >= 0.3 is 0 Å². The van der Waals surface area contributed by atoms with Crippen LogP contribution in [0.25, 0.3) is 27.5 Å². The molecule has 0 amide bonds. The highest BCUT2D eigenvalue weighted by molar-refractivity contribution is 6.31. The van der Waals surface area contributed by atoms with Crippen LogP contribution < -0.4 is 4.74 Å². The van der Waals surface area contributed by atoms with E-state index in [9.17, 15) is 0 Å². The molecule has 0 N–H and O–H groups in total. The Kier molecular flexibility index (Phi) is 3.05. The number of fused-ring (bicyclic) bond motifs is 3. The number of benzene rings is 3. The Hall–Kier alpha value is -2.45. The molecule has 0 aliphatic carbocycles. The normalized spacial score (nSPS) is 11.2. The second-order valence-electron chi connectivity index (χ2n) is 5.22. The van der Waals surface area contributed by atoms with Crippen LogP contribution in [0.15, 0.2) is 66.7 Å². The number of rotatable bonds is 2. The molecule has 0 bridgehead atoms. The molecule has 0 atom stereocenters. The summed E-state index contributed by atoms with van der Waals surface area (Å²) in [5.41, 5.74) is 3.32. The van der Waals surface area contributed by atoms with Crippen molar-refractivity contribution < 1.29 is 4.74 Å². The second kappa shape index (κ2) is 5.08. The molecule has 0 aliphatic rings. The van der Waals surface area contributed by atoms with E-state index < -0.39 is 0 Å². The van der Waals surface area contributed by atoms with E-state index in [1.54, 1.807) is 7.11 Å². The van der Waals surface area contributed by atoms with Crippen LogP contribution in [-0.4, -0.2) is 11.7 Å². The van der Waals surface area contributed by atoms with Crippen molar-refractivity contribution in [3.8, 4) is 11.4 Å². The summed E-state index contributed by atoms with van der Waals surface area (Å²) in [7, 11) is 1.65. The lowest BCUT2D eigenvalue weighted by molar-refractivity contribution is 0.414. The zero-order chi connectivity index (χ0) is 15.1. The fourth-order valence-corrected chi connectivity index (χ4v) is 3.21. The van der Waals surface area contributed by atoms with E-state index in [0.717, 1.165) is 22.5 Å². The van der Waals surface area contributed by atoms with Crippen molar-refractivity contribution in [2.45, 2.75) is 0 Å². The second-order valence-corrected chi connectivity index (χ2v) is 5.66. The molecule has 4 aromatic rings. The van der Waals surface area contributed by atoms with Gasteiger partial charge in [-0.1, -0.05) is 48.0 Å². The largest absolute Gasteiger partial charge is 0.497 e. The SMILES string of the molecule is COc1cc(Cl)cc(-n2c3ccccc3c3ccccc32)c1. The highest BCUT2D eigenvalue weighted by Crippen LogP contribution is 2.33. The molecule has 22 heavy (non-hydrogen) atoms. The average Bonchev–Trinajstić information content (AvgIpc) is 2.89. The standard InChI is InChI=1S/C19H14ClNO/c1-22-15-11-13(20)10-14(12-15)21-18-8-4-2-6-16(18)17-7-3-5-9-19(17)21/h2-12H,1H3. The minimum atomic E-state index is 0.663. The van der Waals surface area contributed by atoms with Gasteiger partial charge in [0.25, 0.3) is 0 Å². The van der Waals surface area contributed by atoms with Crippen LogP contribution in [0.4, 0.5) is 0 Å². The van der Waals surface area contributed by atoms with E-state index in [0.29, 0.717) is 5.02 Å². The molecule has 0 saturated carbocycles. The van der Waals surface area contributed by atoms with Crippen molar-refractivity contribution in [3.05, 3.63) is 71.8 Å². The summed E-state index contributed by atoms with van der Waals surface area (Å²) in [6, 6.07) is 22.6. The maximum atomic E-state index is 6.25. The third-order valence-corrected chi connectivity index (χ3v) is 4.15. The summed E-state index contributed by atoms with van der Waals surface area (Å²) in [4.78, 5) is 0. The van der Waals surface area contributed by atoms with Gasteiger partial charge in [-0.3, -0.25) is 0 Å². The van der Waals surface area contributed by atoms with Gasteiger partial charge in [0, 0.05) is 21.9 Å². The van der Waals surface area contributed by atoms with Crippen LogP contribution in [0.1, 0.15) is 0 Å². The first kappa shape index (κ1) is 13.2. The van der Waals surface area contributed by atoms with Crippen LogP contribution in [0.2, 0.25) is 5.02 Å². The number of ether oxygens (including phenoxy) is 1. The molecule has 1 heterocycles. The highest BCUT2D eigenvalue weighted by atomic mass is 35.5. The lowest BCUT2D eigenvalue weighted by Gasteiger charge is -2.10. The Morgan fingerprint density at radius 3 is 2.00 bits per heavy atom. The van der Waals surface area contributed by atoms with Gasteiger partial charge in [-0.15, -0.1) is 0 Å². The molecule has 108 valence electrons. The van der Waals surface area contributed by atoms with E-state index in [1.165, 1.54) is 10.8 Å². The van der Waals surface area contributed by atoms with Crippen molar-refractivity contribution in [3.63, 3.8) is 0 Å². The van der Waals surface area contributed by atoms with Crippen molar-refractivity contribution in [2.75, 3.05) is 7.11 Å². The van der Waals surface area contributed by atoms with Crippen molar-refractivity contribution in [1.29, 1.82) is 0 Å². The molecule has 0 aliphatic heterocycles. The first-order chi connectivity index (χ1) is 10.8. The zero-order valence-corrected chi connectivity index (χ0v) is 12.8. The monoisotopic (exact) mass is 307 g/mol. The Bertz CT molecular complexity index is 934. The maximum absolute atomic E-state index is 6.25. The lowest BCUT2D eigenvalue weighted by Crippen LogP contribution is -1.95. The van der Waals surface area contributed by atoms with Crippen LogP contribution in [0, 0.1) is 0 Å². The smallest absolute Gasteiger partial charge is 0.122 e. The predicted molar refractivity (Wildman–Crippen MR) is 92.3 cm³/mol. The Morgan fingerprint density at radius 2 is 1.41 bits per heavy atom. The number of aromatic nitrogens is 1. The van der Waals surface area contributed by atoms with Crippen LogP contribution in [-0.2, 0) is 0 Å². The summed E-state index contributed by atoms with van der Waals surface area (Å²) in [6.07, 6.45) is 0. The van der Waals surface area contributed by atoms with Crippen molar-refractivity contribution >= 4 is 33.4 Å². The summed E-state index contributed by atoms with van der Waals surface area (Å²) in [5, 5.41) is 3.13. The molecule has 3 heteroatoms. The molecule has 0 fully saturated rings. The number of methoxy groups -OCH3 is 1. The van der Waals surface area contributed by atoms with Gasteiger partial charge in [-0.05, 0) is 24.3 Å². The van der Waals surface area contributed by atoms with Gasteiger partial charge in [0.2, 0.25) is 0 Å². The third kappa shape index (κ3) is 1.96. The van der Waals surface area contributed by atoms with Crippen LogP contribution in [0.3, 0.4) is 0 Å². The summed E-state index contributed by atoms with van der Waals surface area (Å²) >= 11 is 6.25. The quantitative estimate of drug-likeness (QED) is 0.480. The lowest BCUT2D eigenvalue weighted by atomic mass is 10.2. The molecule has 3 aromatic carbocycles. The fourth-order valence-electron chi connectivity index (χ4n) is 3.00. The highest BCUT2D eigenvalue weighted by Gasteiger charge is 2.12. The Balaban J connectivity index is 2.15. The van der Waals surface area contributed by atoms with Gasteiger partial charge < -0.3 is 9.30 Å². The van der Waals surface area contributed by atoms with Gasteiger partial charge in [0.15, 0.2) is 0 Å². The molecule has 2 nitrogen and oxygen atoms in total. The van der Waals surface area contributed by atoms with E-state index in [-0.39, 0.29) is 0 Å². The topological polar surface area (TPSA) is 14.2 Å². The van der Waals surface area contributed by atoms with Crippen LogP contribution in [0.5, 0.6) is 5.75 Å². The zero-order valence-electron chi connectivity index (χ0n) is 12.1. The van der Waals surface area contributed by atoms with E-state index in [2.05, 4.69) is 53.1 Å². The Morgan fingerprint density at radius 1 is 0.818 bits per heavy atom. The maximum Gasteiger partial charge on any atom is 0.122 e. The number of para-hydroxylation sites is 2. The predicted octanol–water partition coefficient (Wildman–Crippen LogP) is 5.45. The molecule has 0 unspecified atom stereocenters. The Labute approximate surface area is 133 Å². The third-order valence-electron chi connectivity index (χ3n) is 3.93.